The molecule has 1 fully saturated rings. The van der Waals surface area contributed by atoms with Crippen LogP contribution in [-0.4, -0.2) is 60.9 Å². The molecular formula is C25H30N2O4. The highest BCUT2D eigenvalue weighted by Crippen LogP contribution is 2.20. The standard InChI is InChI=1S/C25H30N2O4/c1-3-31-25(30)22-10-7-15-27(17-22)24(29)18-26(2)23(28)16-19-11-13-21(14-12-19)20-8-5-4-6-9-20/h4-6,8-9,11-14,22H,3,7,10,15-18H2,1-2H3. The zero-order valence-electron chi connectivity index (χ0n) is 18.3. The quantitative estimate of drug-likeness (QED) is 0.643. The number of likely N-dealkylation sites (tertiary alicyclic amines) is 1. The summed E-state index contributed by atoms with van der Waals surface area (Å²) in [5.41, 5.74) is 3.14. The molecule has 2 aromatic carbocycles. The fourth-order valence-electron chi connectivity index (χ4n) is 3.80. The molecule has 0 radical (unpaired) electrons. The van der Waals surface area contributed by atoms with Gasteiger partial charge < -0.3 is 14.5 Å². The molecule has 0 spiro atoms. The number of rotatable bonds is 7. The summed E-state index contributed by atoms with van der Waals surface area (Å²) in [5.74, 6) is -0.769. The van der Waals surface area contributed by atoms with Gasteiger partial charge in [0, 0.05) is 20.1 Å². The average Bonchev–Trinajstić information content (AvgIpc) is 2.80. The van der Waals surface area contributed by atoms with Crippen LogP contribution in [0.1, 0.15) is 25.3 Å². The van der Waals surface area contributed by atoms with Crippen molar-refractivity contribution in [2.75, 3.05) is 33.3 Å². The molecule has 0 saturated carbocycles. The molecule has 2 amide bonds. The molecule has 3 rings (SSSR count). The van der Waals surface area contributed by atoms with Crippen LogP contribution < -0.4 is 0 Å². The summed E-state index contributed by atoms with van der Waals surface area (Å²) >= 11 is 0. The molecular weight excluding hydrogens is 392 g/mol. The fourth-order valence-corrected chi connectivity index (χ4v) is 3.80. The number of hydrogen-bond acceptors (Lipinski definition) is 4. The van der Waals surface area contributed by atoms with Crippen molar-refractivity contribution in [3.63, 3.8) is 0 Å². The number of likely N-dealkylation sites (N-methyl/N-ethyl adjacent to an activating group) is 1. The summed E-state index contributed by atoms with van der Waals surface area (Å²) in [7, 11) is 1.64. The Bertz CT molecular complexity index is 895. The van der Waals surface area contributed by atoms with Gasteiger partial charge in [0.15, 0.2) is 0 Å². The Hall–Kier alpha value is -3.15. The highest BCUT2D eigenvalue weighted by Gasteiger charge is 2.30. The molecule has 2 aromatic rings. The molecule has 1 aliphatic heterocycles. The summed E-state index contributed by atoms with van der Waals surface area (Å²) < 4.78 is 5.09. The Kier molecular flexibility index (Phi) is 7.82. The highest BCUT2D eigenvalue weighted by atomic mass is 16.5. The van der Waals surface area contributed by atoms with Gasteiger partial charge in [-0.1, -0.05) is 54.6 Å². The first kappa shape index (κ1) is 22.5. The first-order chi connectivity index (χ1) is 15.0. The maximum absolute atomic E-state index is 12.7. The molecule has 1 atom stereocenters. The lowest BCUT2D eigenvalue weighted by Gasteiger charge is -2.32. The van der Waals surface area contributed by atoms with Crippen LogP contribution in [0.5, 0.6) is 0 Å². The number of piperidine rings is 1. The van der Waals surface area contributed by atoms with Crippen LogP contribution in [0.3, 0.4) is 0 Å². The molecule has 0 aromatic heterocycles. The minimum Gasteiger partial charge on any atom is -0.466 e. The third-order valence-electron chi connectivity index (χ3n) is 5.61. The van der Waals surface area contributed by atoms with Crippen molar-refractivity contribution in [3.05, 3.63) is 60.2 Å². The number of hydrogen-bond donors (Lipinski definition) is 0. The Labute approximate surface area is 183 Å². The number of ether oxygens (including phenoxy) is 1. The third kappa shape index (κ3) is 6.17. The number of nitrogens with zero attached hydrogens (tertiary/aromatic N) is 2. The van der Waals surface area contributed by atoms with Crippen molar-refractivity contribution in [3.8, 4) is 11.1 Å². The van der Waals surface area contributed by atoms with Gasteiger partial charge in [-0.15, -0.1) is 0 Å². The van der Waals surface area contributed by atoms with E-state index in [1.807, 2.05) is 54.6 Å². The van der Waals surface area contributed by atoms with Crippen LogP contribution in [0, 0.1) is 5.92 Å². The largest absolute Gasteiger partial charge is 0.466 e. The first-order valence-electron chi connectivity index (χ1n) is 10.8. The van der Waals surface area contributed by atoms with Crippen molar-refractivity contribution < 1.29 is 19.1 Å². The van der Waals surface area contributed by atoms with Crippen LogP contribution in [0.15, 0.2) is 54.6 Å². The maximum atomic E-state index is 12.7. The van der Waals surface area contributed by atoms with E-state index >= 15 is 0 Å². The van der Waals surface area contributed by atoms with E-state index in [1.165, 1.54) is 4.90 Å². The van der Waals surface area contributed by atoms with Crippen LogP contribution in [0.4, 0.5) is 0 Å². The third-order valence-corrected chi connectivity index (χ3v) is 5.61. The average molecular weight is 423 g/mol. The van der Waals surface area contributed by atoms with Gasteiger partial charge in [-0.3, -0.25) is 14.4 Å². The zero-order chi connectivity index (χ0) is 22.2. The fraction of sp³-hybridized carbons (Fsp3) is 0.400. The van der Waals surface area contributed by atoms with E-state index in [0.29, 0.717) is 19.7 Å². The first-order valence-corrected chi connectivity index (χ1v) is 10.8. The van der Waals surface area contributed by atoms with Crippen molar-refractivity contribution in [2.24, 2.45) is 5.92 Å². The van der Waals surface area contributed by atoms with Gasteiger partial charge in [0.25, 0.3) is 0 Å². The number of esters is 1. The Balaban J connectivity index is 1.52. The number of carbonyl (C=O) groups excluding carboxylic acids is 3. The lowest BCUT2D eigenvalue weighted by molar-refractivity contribution is -0.152. The van der Waals surface area contributed by atoms with Crippen molar-refractivity contribution >= 4 is 17.8 Å². The van der Waals surface area contributed by atoms with Gasteiger partial charge in [-0.05, 0) is 36.5 Å². The second kappa shape index (κ2) is 10.8. The summed E-state index contributed by atoms with van der Waals surface area (Å²) in [6.45, 7) is 3.10. The van der Waals surface area contributed by atoms with Gasteiger partial charge in [-0.25, -0.2) is 0 Å². The zero-order valence-corrected chi connectivity index (χ0v) is 18.3. The van der Waals surface area contributed by atoms with E-state index < -0.39 is 0 Å². The summed E-state index contributed by atoms with van der Waals surface area (Å²) in [4.78, 5) is 40.4. The predicted molar refractivity (Wildman–Crippen MR) is 119 cm³/mol. The molecule has 31 heavy (non-hydrogen) atoms. The lowest BCUT2D eigenvalue weighted by atomic mass is 9.98. The molecule has 1 unspecified atom stereocenters. The molecule has 1 saturated heterocycles. The van der Waals surface area contributed by atoms with Gasteiger partial charge in [-0.2, -0.15) is 0 Å². The van der Waals surface area contributed by atoms with Crippen LogP contribution in [0.2, 0.25) is 0 Å². The normalized spacial score (nSPS) is 15.9. The minimum absolute atomic E-state index is 0.0104. The number of carbonyl (C=O) groups is 3. The molecule has 164 valence electrons. The monoisotopic (exact) mass is 422 g/mol. The van der Waals surface area contributed by atoms with E-state index in [9.17, 15) is 14.4 Å². The topological polar surface area (TPSA) is 66.9 Å². The van der Waals surface area contributed by atoms with Crippen molar-refractivity contribution in [2.45, 2.75) is 26.2 Å². The predicted octanol–water partition coefficient (Wildman–Crippen LogP) is 3.16. The Morgan fingerprint density at radius 1 is 1.03 bits per heavy atom. The number of amides is 2. The number of benzene rings is 2. The van der Waals surface area contributed by atoms with Gasteiger partial charge >= 0.3 is 5.97 Å². The summed E-state index contributed by atoms with van der Waals surface area (Å²) in [6, 6.07) is 18.0. The van der Waals surface area contributed by atoms with Crippen LogP contribution in [-0.2, 0) is 25.5 Å². The smallest absolute Gasteiger partial charge is 0.310 e. The summed E-state index contributed by atoms with van der Waals surface area (Å²) in [5, 5.41) is 0. The van der Waals surface area contributed by atoms with Gasteiger partial charge in [0.05, 0.1) is 25.5 Å². The molecule has 1 aliphatic rings. The summed E-state index contributed by atoms with van der Waals surface area (Å²) in [6.07, 6.45) is 1.74. The highest BCUT2D eigenvalue weighted by molar-refractivity contribution is 5.86. The second-order valence-electron chi connectivity index (χ2n) is 7.92. The van der Waals surface area contributed by atoms with E-state index in [4.69, 9.17) is 4.74 Å². The van der Waals surface area contributed by atoms with Crippen LogP contribution >= 0.6 is 0 Å². The Morgan fingerprint density at radius 3 is 2.39 bits per heavy atom. The van der Waals surface area contributed by atoms with E-state index in [-0.39, 0.29) is 36.7 Å². The SMILES string of the molecule is CCOC(=O)C1CCCN(C(=O)CN(C)C(=O)Cc2ccc(-c3ccccc3)cc2)C1. The molecule has 6 nitrogen and oxygen atoms in total. The van der Waals surface area contributed by atoms with Gasteiger partial charge in [0.2, 0.25) is 11.8 Å². The molecule has 6 heteroatoms. The van der Waals surface area contributed by atoms with Crippen molar-refractivity contribution in [1.82, 2.24) is 9.80 Å². The maximum Gasteiger partial charge on any atom is 0.310 e. The lowest BCUT2D eigenvalue weighted by Crippen LogP contribution is -2.47. The van der Waals surface area contributed by atoms with Gasteiger partial charge in [0.1, 0.15) is 0 Å². The minimum atomic E-state index is -0.276. The molecule has 0 bridgehead atoms. The van der Waals surface area contributed by atoms with Crippen LogP contribution in [0.25, 0.3) is 11.1 Å². The second-order valence-corrected chi connectivity index (χ2v) is 7.92. The van der Waals surface area contributed by atoms with Crippen molar-refractivity contribution in [1.29, 1.82) is 0 Å². The van der Waals surface area contributed by atoms with E-state index in [0.717, 1.165) is 29.5 Å². The molecule has 1 heterocycles. The Morgan fingerprint density at radius 2 is 1.71 bits per heavy atom. The molecule has 0 aliphatic carbocycles. The molecule has 0 N–H and O–H groups in total. The van der Waals surface area contributed by atoms with E-state index in [2.05, 4.69) is 0 Å². The van der Waals surface area contributed by atoms with E-state index in [1.54, 1.807) is 18.9 Å².